The number of rotatable bonds is 6. The van der Waals surface area contributed by atoms with Gasteiger partial charge in [0, 0.05) is 29.1 Å². The first kappa shape index (κ1) is 25.4. The molecular weight excluding hydrogens is 484 g/mol. The van der Waals surface area contributed by atoms with Gasteiger partial charge in [0.05, 0.1) is 19.0 Å². The van der Waals surface area contributed by atoms with Crippen LogP contribution in [-0.2, 0) is 17.1 Å². The lowest BCUT2D eigenvalue weighted by Gasteiger charge is -2.25. The Hall–Kier alpha value is -4.23. The van der Waals surface area contributed by atoms with Gasteiger partial charge in [-0.05, 0) is 30.3 Å². The van der Waals surface area contributed by atoms with Crippen molar-refractivity contribution < 1.29 is 40.7 Å². The van der Waals surface area contributed by atoms with Gasteiger partial charge in [0.1, 0.15) is 17.9 Å². The normalized spacial score (nSPS) is 11.7. The molecule has 0 saturated carbocycles. The summed E-state index contributed by atoms with van der Waals surface area (Å²) in [6.07, 6.45) is -6.75. The van der Waals surface area contributed by atoms with E-state index in [2.05, 4.69) is 15.0 Å². The van der Waals surface area contributed by atoms with Crippen LogP contribution in [0.15, 0.2) is 48.9 Å². The molecule has 0 unspecified atom stereocenters. The van der Waals surface area contributed by atoms with E-state index in [0.29, 0.717) is 10.5 Å². The number of aromatic nitrogens is 3. The van der Waals surface area contributed by atoms with Crippen LogP contribution in [-0.4, -0.2) is 40.4 Å². The van der Waals surface area contributed by atoms with E-state index in [1.54, 1.807) is 0 Å². The van der Waals surface area contributed by atoms with Crippen LogP contribution in [0.3, 0.4) is 0 Å². The minimum Gasteiger partial charge on any atom is -0.481 e. The van der Waals surface area contributed by atoms with Gasteiger partial charge >= 0.3 is 12.4 Å². The molecule has 0 fully saturated rings. The van der Waals surface area contributed by atoms with E-state index in [1.165, 1.54) is 37.7 Å². The summed E-state index contributed by atoms with van der Waals surface area (Å²) < 4.78 is 84.6. The number of halogens is 6. The maximum Gasteiger partial charge on any atom is 0.433 e. The molecule has 0 radical (unpaired) electrons. The van der Waals surface area contributed by atoms with Crippen LogP contribution in [0.2, 0.25) is 0 Å². The second kappa shape index (κ2) is 9.56. The molecule has 0 atom stereocenters. The monoisotopic (exact) mass is 499 g/mol. The average Bonchev–Trinajstić information content (AvgIpc) is 2.80. The summed E-state index contributed by atoms with van der Waals surface area (Å²) in [4.78, 5) is 36.1. The topological polar surface area (TPSA) is 111 Å². The maximum atomic E-state index is 13.3. The fourth-order valence-corrected chi connectivity index (χ4v) is 3.11. The lowest BCUT2D eigenvalue weighted by molar-refractivity contribution is -0.150. The third kappa shape index (κ3) is 5.65. The third-order valence-corrected chi connectivity index (χ3v) is 4.56. The highest BCUT2D eigenvalue weighted by atomic mass is 19.4. The minimum atomic E-state index is -5.28. The number of methoxy groups -OCH3 is 1. The smallest absolute Gasteiger partial charge is 0.433 e. The fraction of sp³-hybridized carbons (Fsp3) is 0.190. The van der Waals surface area contributed by atoms with E-state index in [-0.39, 0.29) is 29.3 Å². The number of amides is 2. The van der Waals surface area contributed by atoms with E-state index < -0.39 is 47.7 Å². The number of carbonyl (C=O) groups is 2. The molecule has 2 amide bonds. The molecule has 0 saturated heterocycles. The summed E-state index contributed by atoms with van der Waals surface area (Å²) in [5, 5.41) is 0. The number of hydrogen-bond acceptors (Lipinski definition) is 6. The van der Waals surface area contributed by atoms with Crippen LogP contribution >= 0.6 is 0 Å². The highest BCUT2D eigenvalue weighted by Gasteiger charge is 2.40. The zero-order valence-corrected chi connectivity index (χ0v) is 17.7. The number of pyridine rings is 3. The summed E-state index contributed by atoms with van der Waals surface area (Å²) in [5.74, 6) is -2.37. The third-order valence-electron chi connectivity index (χ3n) is 4.56. The molecule has 3 rings (SSSR count). The summed E-state index contributed by atoms with van der Waals surface area (Å²) in [7, 11) is 1.31. The van der Waals surface area contributed by atoms with Crippen LogP contribution in [0.25, 0.3) is 11.1 Å². The lowest BCUT2D eigenvalue weighted by atomic mass is 10.0. The molecule has 0 aliphatic heterocycles. The van der Waals surface area contributed by atoms with Crippen molar-refractivity contribution in [2.24, 2.45) is 5.73 Å². The first-order valence-electron chi connectivity index (χ1n) is 9.53. The molecule has 0 bridgehead atoms. The molecule has 14 heteroatoms. The quantitative estimate of drug-likeness (QED) is 0.518. The Morgan fingerprint density at radius 3 is 2.17 bits per heavy atom. The van der Waals surface area contributed by atoms with Crippen LogP contribution in [0.5, 0.6) is 5.88 Å². The Balaban J connectivity index is 2.22. The number of alkyl halides is 6. The molecule has 0 aromatic carbocycles. The SMILES string of the molecule is COc1ncccc1-c1ccncc1N(CC(N)=O)C(=O)c1cc(C(F)(F)F)nc(C(F)(F)F)c1. The zero-order valence-electron chi connectivity index (χ0n) is 17.7. The number of ether oxygens (including phenoxy) is 1. The van der Waals surface area contributed by atoms with Gasteiger partial charge < -0.3 is 10.5 Å². The molecule has 184 valence electrons. The van der Waals surface area contributed by atoms with Crippen molar-refractivity contribution in [1.82, 2.24) is 15.0 Å². The number of primary amides is 1. The highest BCUT2D eigenvalue weighted by molar-refractivity contribution is 6.10. The molecule has 8 nitrogen and oxygen atoms in total. The van der Waals surface area contributed by atoms with Gasteiger partial charge in [0.15, 0.2) is 0 Å². The van der Waals surface area contributed by atoms with Crippen LogP contribution in [0.1, 0.15) is 21.7 Å². The van der Waals surface area contributed by atoms with E-state index in [9.17, 15) is 35.9 Å². The molecule has 2 N–H and O–H groups in total. The highest BCUT2D eigenvalue weighted by Crippen LogP contribution is 2.37. The van der Waals surface area contributed by atoms with Gasteiger partial charge in [0.25, 0.3) is 5.91 Å². The molecule has 3 aromatic heterocycles. The standard InChI is InChI=1S/C21H15F6N5O3/c1-35-18-13(3-2-5-30-18)12-4-6-29-9-14(12)32(10-17(28)33)19(34)11-7-15(20(22,23)24)31-16(8-11)21(25,26)27/h2-9H,10H2,1H3,(H2,28,33). The second-order valence-corrected chi connectivity index (χ2v) is 6.93. The molecule has 35 heavy (non-hydrogen) atoms. The first-order chi connectivity index (χ1) is 16.3. The summed E-state index contributed by atoms with van der Waals surface area (Å²) >= 11 is 0. The van der Waals surface area contributed by atoms with E-state index >= 15 is 0 Å². The summed E-state index contributed by atoms with van der Waals surface area (Å²) in [5.41, 5.74) is 0.697. The van der Waals surface area contributed by atoms with E-state index in [4.69, 9.17) is 10.5 Å². The van der Waals surface area contributed by atoms with Gasteiger partial charge in [-0.25, -0.2) is 9.97 Å². The molecule has 0 aliphatic carbocycles. The van der Waals surface area contributed by atoms with E-state index in [1.807, 2.05) is 0 Å². The van der Waals surface area contributed by atoms with Crippen LogP contribution in [0.4, 0.5) is 32.0 Å². The maximum absolute atomic E-state index is 13.3. The Bertz CT molecular complexity index is 1230. The summed E-state index contributed by atoms with van der Waals surface area (Å²) in [6.45, 7) is -0.884. The zero-order chi connectivity index (χ0) is 26.0. The Labute approximate surface area is 193 Å². The number of anilines is 1. The van der Waals surface area contributed by atoms with E-state index in [0.717, 1.165) is 6.20 Å². The molecule has 3 aromatic rings. The molecule has 0 aliphatic rings. The minimum absolute atomic E-state index is 0.0917. The van der Waals surface area contributed by atoms with Crippen molar-refractivity contribution >= 4 is 17.5 Å². The van der Waals surface area contributed by atoms with Crippen molar-refractivity contribution in [1.29, 1.82) is 0 Å². The van der Waals surface area contributed by atoms with Gasteiger partial charge in [-0.15, -0.1) is 0 Å². The van der Waals surface area contributed by atoms with Crippen LogP contribution in [0, 0.1) is 0 Å². The number of nitrogens with zero attached hydrogens (tertiary/aromatic N) is 4. The van der Waals surface area contributed by atoms with Gasteiger partial charge in [0.2, 0.25) is 11.8 Å². The molecular formula is C21H15F6N5O3. The van der Waals surface area contributed by atoms with Crippen molar-refractivity contribution in [2.75, 3.05) is 18.6 Å². The van der Waals surface area contributed by atoms with Crippen molar-refractivity contribution in [3.8, 4) is 17.0 Å². The predicted molar refractivity (Wildman–Crippen MR) is 109 cm³/mol. The van der Waals surface area contributed by atoms with Gasteiger partial charge in [-0.1, -0.05) is 0 Å². The van der Waals surface area contributed by atoms with Crippen molar-refractivity contribution in [3.05, 3.63) is 65.9 Å². The largest absolute Gasteiger partial charge is 0.481 e. The number of hydrogen-bond donors (Lipinski definition) is 1. The average molecular weight is 499 g/mol. The molecule has 3 heterocycles. The van der Waals surface area contributed by atoms with Crippen molar-refractivity contribution in [2.45, 2.75) is 12.4 Å². The Kier molecular flexibility index (Phi) is 6.94. The lowest BCUT2D eigenvalue weighted by Crippen LogP contribution is -2.39. The molecule has 0 spiro atoms. The number of carbonyl (C=O) groups excluding carboxylic acids is 2. The fourth-order valence-electron chi connectivity index (χ4n) is 3.11. The predicted octanol–water partition coefficient (Wildman–Crippen LogP) is 3.72. The summed E-state index contributed by atoms with van der Waals surface area (Å²) in [6, 6.07) is 4.77. The van der Waals surface area contributed by atoms with Gasteiger partial charge in [-0.2, -0.15) is 26.3 Å². The van der Waals surface area contributed by atoms with Gasteiger partial charge in [-0.3, -0.25) is 19.5 Å². The second-order valence-electron chi connectivity index (χ2n) is 6.93. The number of nitrogens with two attached hydrogens (primary N) is 1. The van der Waals surface area contributed by atoms with Crippen molar-refractivity contribution in [3.63, 3.8) is 0 Å². The Morgan fingerprint density at radius 1 is 1.00 bits per heavy atom. The first-order valence-corrected chi connectivity index (χ1v) is 9.53. The van der Waals surface area contributed by atoms with Crippen LogP contribution < -0.4 is 15.4 Å². The Morgan fingerprint density at radius 2 is 1.63 bits per heavy atom.